The van der Waals surface area contributed by atoms with Crippen LogP contribution in [-0.4, -0.2) is 91.4 Å². The van der Waals surface area contributed by atoms with E-state index in [-0.39, 0.29) is 25.4 Å². The summed E-state index contributed by atoms with van der Waals surface area (Å²) in [6.07, 6.45) is -1.04. The molecule has 3 unspecified atom stereocenters. The summed E-state index contributed by atoms with van der Waals surface area (Å²) in [5.74, 6) is -7.63. The first-order valence-electron chi connectivity index (χ1n) is 10.9. The molecule has 2 aliphatic rings. The van der Waals surface area contributed by atoms with Crippen LogP contribution >= 0.6 is 34.8 Å². The van der Waals surface area contributed by atoms with Gasteiger partial charge in [-0.25, -0.2) is 0 Å². The molecule has 2 rings (SSSR count). The van der Waals surface area contributed by atoms with Gasteiger partial charge >= 0.3 is 11.9 Å². The molecule has 0 aromatic rings. The number of aliphatic carboxylic acids is 2. The highest BCUT2D eigenvalue weighted by molar-refractivity contribution is 6.39. The average molecular weight is 560 g/mol. The Morgan fingerprint density at radius 1 is 1.23 bits per heavy atom. The van der Waals surface area contributed by atoms with Crippen molar-refractivity contribution in [2.45, 2.75) is 72.5 Å². The van der Waals surface area contributed by atoms with Crippen molar-refractivity contribution in [2.75, 3.05) is 6.54 Å². The van der Waals surface area contributed by atoms with Crippen molar-refractivity contribution in [1.82, 2.24) is 16.0 Å². The number of carbonyl (C=O) groups is 5. The Kier molecular flexibility index (Phi) is 10.0. The normalized spacial score (nSPS) is 31.3. The molecule has 8 N–H and O–H groups in total. The van der Waals surface area contributed by atoms with E-state index in [1.165, 1.54) is 6.92 Å². The van der Waals surface area contributed by atoms with E-state index in [1.54, 1.807) is 0 Å². The quantitative estimate of drug-likeness (QED) is 0.145. The van der Waals surface area contributed by atoms with Crippen molar-refractivity contribution >= 4 is 64.5 Å². The van der Waals surface area contributed by atoms with Gasteiger partial charge in [-0.05, 0) is 26.2 Å². The number of piperidine rings is 1. The maximum atomic E-state index is 13.0. The molecule has 0 aromatic heterocycles. The summed E-state index contributed by atoms with van der Waals surface area (Å²) in [4.78, 5) is 59.2. The van der Waals surface area contributed by atoms with Crippen molar-refractivity contribution in [3.63, 3.8) is 0 Å². The maximum absolute atomic E-state index is 13.0. The SMILES string of the molecule is CC(O)CC(Cl)[C@]1(Cl)[C@H](C(=O)N[C@H](CC(=O)O)C(=O)N[C@@H]2CC[C@H](CN)NC2=O)[C@H]1C(Cl)C(=O)O. The monoisotopic (exact) mass is 558 g/mol. The maximum Gasteiger partial charge on any atom is 0.321 e. The Morgan fingerprint density at radius 2 is 1.86 bits per heavy atom. The number of amides is 3. The van der Waals surface area contributed by atoms with Crippen LogP contribution in [0.5, 0.6) is 0 Å². The third kappa shape index (κ3) is 6.88. The zero-order chi connectivity index (χ0) is 26.7. The van der Waals surface area contributed by atoms with Gasteiger partial charge < -0.3 is 37.0 Å². The Bertz CT molecular complexity index is 862. The molecule has 0 spiro atoms. The lowest BCUT2D eigenvalue weighted by Crippen LogP contribution is -2.59. The molecular weight excluding hydrogens is 531 g/mol. The Morgan fingerprint density at radius 3 is 2.34 bits per heavy atom. The van der Waals surface area contributed by atoms with E-state index in [1.807, 2.05) is 0 Å². The molecule has 198 valence electrons. The average Bonchev–Trinajstić information content (AvgIpc) is 3.40. The number of carbonyl (C=O) groups excluding carboxylic acids is 3. The fourth-order valence-electron chi connectivity index (χ4n) is 4.30. The van der Waals surface area contributed by atoms with Crippen LogP contribution in [0, 0.1) is 11.8 Å². The van der Waals surface area contributed by atoms with Crippen molar-refractivity contribution in [2.24, 2.45) is 17.6 Å². The minimum absolute atomic E-state index is 0.0752. The third-order valence-corrected chi connectivity index (χ3v) is 8.04. The van der Waals surface area contributed by atoms with Gasteiger partial charge in [0.1, 0.15) is 17.5 Å². The summed E-state index contributed by atoms with van der Waals surface area (Å²) in [5, 5.41) is 32.9. The second kappa shape index (κ2) is 11.9. The van der Waals surface area contributed by atoms with Gasteiger partial charge in [-0.3, -0.25) is 24.0 Å². The Hall–Kier alpha value is -1.86. The molecule has 35 heavy (non-hydrogen) atoms. The number of nitrogens with one attached hydrogen (secondary N) is 3. The molecule has 9 atom stereocenters. The van der Waals surface area contributed by atoms with Gasteiger partial charge in [-0.15, -0.1) is 34.8 Å². The number of rotatable bonds is 12. The highest BCUT2D eigenvalue weighted by Crippen LogP contribution is 2.63. The first kappa shape index (κ1) is 29.4. The Balaban J connectivity index is 2.17. The van der Waals surface area contributed by atoms with Gasteiger partial charge in [-0.1, -0.05) is 0 Å². The number of hydrogen-bond donors (Lipinski definition) is 7. The molecule has 15 heteroatoms. The number of alkyl halides is 3. The van der Waals surface area contributed by atoms with Crippen LogP contribution in [0.4, 0.5) is 0 Å². The van der Waals surface area contributed by atoms with E-state index in [0.717, 1.165) is 0 Å². The highest BCUT2D eigenvalue weighted by Gasteiger charge is 2.74. The van der Waals surface area contributed by atoms with Crippen LogP contribution in [0.25, 0.3) is 0 Å². The van der Waals surface area contributed by atoms with Gasteiger partial charge in [0, 0.05) is 18.5 Å². The smallest absolute Gasteiger partial charge is 0.321 e. The predicted octanol–water partition coefficient (Wildman–Crippen LogP) is -1.04. The van der Waals surface area contributed by atoms with Gasteiger partial charge in [0.15, 0.2) is 0 Å². The predicted molar refractivity (Wildman–Crippen MR) is 125 cm³/mol. The fraction of sp³-hybridized carbons (Fsp3) is 0.750. The number of carboxylic acid groups (broad SMARTS) is 2. The number of aliphatic hydroxyl groups is 1. The molecule has 0 bridgehead atoms. The van der Waals surface area contributed by atoms with Gasteiger partial charge in [0.25, 0.3) is 0 Å². The Labute approximate surface area is 216 Å². The number of aliphatic hydroxyl groups excluding tert-OH is 1. The number of nitrogens with two attached hydrogens (primary N) is 1. The van der Waals surface area contributed by atoms with E-state index in [2.05, 4.69) is 16.0 Å². The summed E-state index contributed by atoms with van der Waals surface area (Å²) in [6.45, 7) is 1.66. The summed E-state index contributed by atoms with van der Waals surface area (Å²) in [5.41, 5.74) is 5.53. The van der Waals surface area contributed by atoms with E-state index in [0.29, 0.717) is 6.42 Å². The van der Waals surface area contributed by atoms with Gasteiger partial charge in [0.2, 0.25) is 17.7 Å². The molecule has 1 aliphatic carbocycles. The van der Waals surface area contributed by atoms with E-state index in [9.17, 15) is 39.3 Å². The van der Waals surface area contributed by atoms with Crippen molar-refractivity contribution in [3.05, 3.63) is 0 Å². The second-order valence-corrected chi connectivity index (χ2v) is 10.5. The summed E-state index contributed by atoms with van der Waals surface area (Å²) in [7, 11) is 0. The second-order valence-electron chi connectivity index (χ2n) is 8.86. The molecule has 2 fully saturated rings. The largest absolute Gasteiger partial charge is 0.481 e. The number of halogens is 3. The minimum Gasteiger partial charge on any atom is -0.481 e. The zero-order valence-electron chi connectivity index (χ0n) is 18.7. The molecule has 1 heterocycles. The molecule has 12 nitrogen and oxygen atoms in total. The van der Waals surface area contributed by atoms with E-state index >= 15 is 0 Å². The lowest BCUT2D eigenvalue weighted by atomic mass is 9.99. The van der Waals surface area contributed by atoms with E-state index < -0.39 is 81.7 Å². The van der Waals surface area contributed by atoms with Gasteiger partial charge in [-0.2, -0.15) is 0 Å². The zero-order valence-corrected chi connectivity index (χ0v) is 21.0. The summed E-state index contributed by atoms with van der Waals surface area (Å²) >= 11 is 18.8. The number of hydrogen-bond acceptors (Lipinski definition) is 7. The third-order valence-electron chi connectivity index (χ3n) is 6.18. The van der Waals surface area contributed by atoms with Crippen LogP contribution < -0.4 is 21.7 Å². The molecule has 1 aliphatic heterocycles. The fourth-order valence-corrected chi connectivity index (χ4v) is 5.77. The van der Waals surface area contributed by atoms with Crippen LogP contribution in [0.3, 0.4) is 0 Å². The van der Waals surface area contributed by atoms with Crippen molar-refractivity contribution in [1.29, 1.82) is 0 Å². The van der Waals surface area contributed by atoms with Crippen LogP contribution in [0.15, 0.2) is 0 Å². The molecule has 1 saturated carbocycles. The molecule has 0 radical (unpaired) electrons. The van der Waals surface area contributed by atoms with Crippen LogP contribution in [0.1, 0.15) is 32.6 Å². The topological polar surface area (TPSA) is 208 Å². The minimum atomic E-state index is -1.65. The summed E-state index contributed by atoms with van der Waals surface area (Å²) < 4.78 is 0. The van der Waals surface area contributed by atoms with Crippen LogP contribution in [-0.2, 0) is 24.0 Å². The molecule has 1 saturated heterocycles. The lowest BCUT2D eigenvalue weighted by Gasteiger charge is -2.30. The standard InChI is InChI=1S/C20H29Cl3N4O8/c1-7(28)4-11(21)20(23)13(15(22)19(34)35)14(20)18(33)27-10(5-12(29)30)17(32)26-9-3-2-8(6-24)25-16(9)31/h7-11,13-15,28H,2-6,24H2,1H3,(H,25,31)(H,26,32)(H,27,33)(H,29,30)(H,34,35)/t7?,8-,9-,10-,11?,13+,14+,15?,20-/m1/s1. The first-order valence-corrected chi connectivity index (χ1v) is 12.2. The highest BCUT2D eigenvalue weighted by atomic mass is 35.5. The molecule has 0 aromatic carbocycles. The van der Waals surface area contributed by atoms with E-state index in [4.69, 9.17) is 40.5 Å². The summed E-state index contributed by atoms with van der Waals surface area (Å²) in [6, 6.07) is -2.78. The molecular formula is C20H29Cl3N4O8. The van der Waals surface area contributed by atoms with Crippen molar-refractivity contribution in [3.8, 4) is 0 Å². The van der Waals surface area contributed by atoms with Crippen molar-refractivity contribution < 1.29 is 39.3 Å². The molecule has 3 amide bonds. The first-order chi connectivity index (χ1) is 16.2. The number of carboxylic acids is 2. The van der Waals surface area contributed by atoms with Gasteiger partial charge in [0.05, 0.1) is 28.7 Å². The lowest BCUT2D eigenvalue weighted by molar-refractivity contribution is -0.141. The van der Waals surface area contributed by atoms with Crippen LogP contribution in [0.2, 0.25) is 0 Å².